The van der Waals surface area contributed by atoms with Crippen LogP contribution in [0, 0.1) is 11.2 Å². The Morgan fingerprint density at radius 3 is 2.57 bits per heavy atom. The molecule has 0 aromatic heterocycles. The fraction of sp³-hybridized carbons (Fsp3) is 0.667. The lowest BCUT2D eigenvalue weighted by atomic mass is 9.73. The summed E-state index contributed by atoms with van der Waals surface area (Å²) in [5, 5.41) is 3.57. The molecule has 1 aromatic rings. The summed E-state index contributed by atoms with van der Waals surface area (Å²) >= 11 is 0. The molecule has 116 valence electrons. The van der Waals surface area contributed by atoms with Crippen LogP contribution in [0.15, 0.2) is 18.2 Å². The van der Waals surface area contributed by atoms with Gasteiger partial charge in [-0.15, -0.1) is 0 Å². The van der Waals surface area contributed by atoms with E-state index in [1.165, 1.54) is 38.5 Å². The summed E-state index contributed by atoms with van der Waals surface area (Å²) in [6, 6.07) is 6.11. The molecule has 1 unspecified atom stereocenters. The van der Waals surface area contributed by atoms with Crippen molar-refractivity contribution in [1.29, 1.82) is 0 Å². The number of halogens is 1. The van der Waals surface area contributed by atoms with Gasteiger partial charge in [-0.1, -0.05) is 26.7 Å². The number of nitrogens with one attached hydrogen (secondary N) is 1. The van der Waals surface area contributed by atoms with E-state index in [2.05, 4.69) is 24.1 Å². The minimum absolute atomic E-state index is 0.0875. The van der Waals surface area contributed by atoms with Crippen LogP contribution >= 0.6 is 0 Å². The summed E-state index contributed by atoms with van der Waals surface area (Å²) < 4.78 is 14.4. The molecule has 1 saturated heterocycles. The molecule has 0 radical (unpaired) electrons. The van der Waals surface area contributed by atoms with Crippen molar-refractivity contribution in [3.8, 4) is 0 Å². The Kier molecular flexibility index (Phi) is 4.10. The number of anilines is 2. The third kappa shape index (κ3) is 3.17. The summed E-state index contributed by atoms with van der Waals surface area (Å²) in [5.74, 6) is -0.0875. The predicted molar refractivity (Wildman–Crippen MR) is 87.5 cm³/mol. The minimum Gasteiger partial charge on any atom is -0.382 e. The smallest absolute Gasteiger partial charge is 0.148 e. The standard InChI is InChI=1S/C18H27FN2/c1-18(2)10-4-3-7-17(18)20-14-8-9-16(15(19)13-14)21-11-5-6-12-21/h8-9,13,17,20H,3-7,10-12H2,1-2H3. The van der Waals surface area contributed by atoms with E-state index in [9.17, 15) is 4.39 Å². The number of hydrogen-bond acceptors (Lipinski definition) is 2. The average Bonchev–Trinajstić information content (AvgIpc) is 2.95. The predicted octanol–water partition coefficient (Wildman–Crippen LogP) is 4.81. The zero-order chi connectivity index (χ0) is 14.9. The molecule has 2 fully saturated rings. The molecule has 1 N–H and O–H groups in total. The molecule has 0 spiro atoms. The number of rotatable bonds is 3. The van der Waals surface area contributed by atoms with Gasteiger partial charge in [0.05, 0.1) is 5.69 Å². The molecule has 1 aliphatic carbocycles. The maximum Gasteiger partial charge on any atom is 0.148 e. The molecule has 2 nitrogen and oxygen atoms in total. The largest absolute Gasteiger partial charge is 0.382 e. The Morgan fingerprint density at radius 2 is 1.90 bits per heavy atom. The minimum atomic E-state index is -0.0875. The molecule has 1 heterocycles. The third-order valence-electron chi connectivity index (χ3n) is 5.24. The van der Waals surface area contributed by atoms with Gasteiger partial charge in [-0.05, 0) is 49.3 Å². The molecule has 1 aliphatic heterocycles. The van der Waals surface area contributed by atoms with Crippen LogP contribution in [0.3, 0.4) is 0 Å². The normalized spacial score (nSPS) is 25.1. The highest BCUT2D eigenvalue weighted by Crippen LogP contribution is 2.37. The first-order valence-electron chi connectivity index (χ1n) is 8.37. The first kappa shape index (κ1) is 14.7. The van der Waals surface area contributed by atoms with Gasteiger partial charge in [-0.2, -0.15) is 0 Å². The zero-order valence-electron chi connectivity index (χ0n) is 13.3. The van der Waals surface area contributed by atoms with E-state index < -0.39 is 0 Å². The summed E-state index contributed by atoms with van der Waals surface area (Å²) in [6.07, 6.45) is 7.37. The van der Waals surface area contributed by atoms with Crippen LogP contribution in [-0.2, 0) is 0 Å². The molecule has 0 bridgehead atoms. The molecule has 1 saturated carbocycles. The fourth-order valence-electron chi connectivity index (χ4n) is 3.77. The fourth-order valence-corrected chi connectivity index (χ4v) is 3.77. The van der Waals surface area contributed by atoms with Gasteiger partial charge in [0.15, 0.2) is 0 Å². The zero-order valence-corrected chi connectivity index (χ0v) is 13.3. The second-order valence-corrected chi connectivity index (χ2v) is 7.29. The summed E-state index contributed by atoms with van der Waals surface area (Å²) in [5.41, 5.74) is 1.99. The summed E-state index contributed by atoms with van der Waals surface area (Å²) in [4.78, 5) is 2.16. The van der Waals surface area contributed by atoms with Gasteiger partial charge in [-0.3, -0.25) is 0 Å². The second-order valence-electron chi connectivity index (χ2n) is 7.29. The molecule has 2 aliphatic rings. The Hall–Kier alpha value is -1.25. The lowest BCUT2D eigenvalue weighted by molar-refractivity contribution is 0.217. The van der Waals surface area contributed by atoms with Crippen molar-refractivity contribution >= 4 is 11.4 Å². The molecule has 3 rings (SSSR count). The molecule has 0 amide bonds. The van der Waals surface area contributed by atoms with Crippen molar-refractivity contribution in [1.82, 2.24) is 0 Å². The van der Waals surface area contributed by atoms with Gasteiger partial charge in [0.25, 0.3) is 0 Å². The van der Waals surface area contributed by atoms with E-state index in [1.54, 1.807) is 6.07 Å². The van der Waals surface area contributed by atoms with Crippen molar-refractivity contribution < 1.29 is 4.39 Å². The Balaban J connectivity index is 1.72. The Morgan fingerprint density at radius 1 is 1.14 bits per heavy atom. The first-order chi connectivity index (χ1) is 10.1. The summed E-state index contributed by atoms with van der Waals surface area (Å²) in [7, 11) is 0. The van der Waals surface area contributed by atoms with Gasteiger partial charge in [0.1, 0.15) is 5.82 Å². The highest BCUT2D eigenvalue weighted by molar-refractivity contribution is 5.57. The van der Waals surface area contributed by atoms with Crippen LogP contribution in [0.2, 0.25) is 0 Å². The number of hydrogen-bond donors (Lipinski definition) is 1. The number of nitrogens with zero attached hydrogens (tertiary/aromatic N) is 1. The van der Waals surface area contributed by atoms with E-state index in [0.717, 1.165) is 24.5 Å². The van der Waals surface area contributed by atoms with E-state index in [4.69, 9.17) is 0 Å². The Labute approximate surface area is 127 Å². The van der Waals surface area contributed by atoms with Gasteiger partial charge >= 0.3 is 0 Å². The SMILES string of the molecule is CC1(C)CCCCC1Nc1ccc(N2CCCC2)c(F)c1. The molecular formula is C18H27FN2. The molecule has 1 atom stereocenters. The van der Waals surface area contributed by atoms with Crippen LogP contribution in [0.25, 0.3) is 0 Å². The van der Waals surface area contributed by atoms with Crippen molar-refractivity contribution in [2.45, 2.75) is 58.4 Å². The average molecular weight is 290 g/mol. The van der Waals surface area contributed by atoms with E-state index in [0.29, 0.717) is 11.5 Å². The molecule has 21 heavy (non-hydrogen) atoms. The molecule has 3 heteroatoms. The van der Waals surface area contributed by atoms with Gasteiger partial charge < -0.3 is 10.2 Å². The van der Waals surface area contributed by atoms with Crippen LogP contribution in [0.5, 0.6) is 0 Å². The van der Waals surface area contributed by atoms with Gasteiger partial charge in [-0.25, -0.2) is 4.39 Å². The quantitative estimate of drug-likeness (QED) is 0.859. The monoisotopic (exact) mass is 290 g/mol. The Bertz CT molecular complexity index is 492. The second kappa shape index (κ2) is 5.86. The maximum atomic E-state index is 14.4. The van der Waals surface area contributed by atoms with Crippen molar-refractivity contribution in [3.63, 3.8) is 0 Å². The van der Waals surface area contributed by atoms with Crippen LogP contribution in [-0.4, -0.2) is 19.1 Å². The lowest BCUT2D eigenvalue weighted by Gasteiger charge is -2.39. The van der Waals surface area contributed by atoms with Gasteiger partial charge in [0.2, 0.25) is 0 Å². The lowest BCUT2D eigenvalue weighted by Crippen LogP contribution is -2.38. The topological polar surface area (TPSA) is 15.3 Å². The highest BCUT2D eigenvalue weighted by Gasteiger charge is 2.32. The van der Waals surface area contributed by atoms with Crippen molar-refractivity contribution in [2.24, 2.45) is 5.41 Å². The molecular weight excluding hydrogens is 263 g/mol. The van der Waals surface area contributed by atoms with Crippen LogP contribution in [0.4, 0.5) is 15.8 Å². The van der Waals surface area contributed by atoms with E-state index >= 15 is 0 Å². The van der Waals surface area contributed by atoms with Crippen LogP contribution < -0.4 is 10.2 Å². The van der Waals surface area contributed by atoms with Gasteiger partial charge in [0, 0.05) is 24.8 Å². The van der Waals surface area contributed by atoms with Crippen molar-refractivity contribution in [2.75, 3.05) is 23.3 Å². The van der Waals surface area contributed by atoms with E-state index in [1.807, 2.05) is 12.1 Å². The third-order valence-corrected chi connectivity index (χ3v) is 5.24. The number of benzene rings is 1. The highest BCUT2D eigenvalue weighted by atomic mass is 19.1. The first-order valence-corrected chi connectivity index (χ1v) is 8.37. The van der Waals surface area contributed by atoms with E-state index in [-0.39, 0.29) is 5.82 Å². The molecule has 1 aromatic carbocycles. The maximum absolute atomic E-state index is 14.4. The summed E-state index contributed by atoms with van der Waals surface area (Å²) in [6.45, 7) is 6.61. The van der Waals surface area contributed by atoms with Crippen LogP contribution in [0.1, 0.15) is 52.4 Å². The van der Waals surface area contributed by atoms with Crippen molar-refractivity contribution in [3.05, 3.63) is 24.0 Å².